The van der Waals surface area contributed by atoms with Gasteiger partial charge in [-0.05, 0) is 56.0 Å². The monoisotopic (exact) mass is 330 g/mol. The number of hydrogen-bond acceptors (Lipinski definition) is 2. The Labute approximate surface area is 151 Å². The fraction of sp³-hybridized carbons (Fsp3) is 0.261. The number of aryl methyl sites for hydroxylation is 2. The number of nitrogens with zero attached hydrogens (tertiary/aromatic N) is 1. The van der Waals surface area contributed by atoms with Crippen molar-refractivity contribution in [3.63, 3.8) is 0 Å². The number of hydrogen-bond donors (Lipinski definition) is 1. The van der Waals surface area contributed by atoms with Gasteiger partial charge in [0.2, 0.25) is 0 Å². The average Bonchev–Trinajstić information content (AvgIpc) is 2.67. The van der Waals surface area contributed by atoms with Crippen LogP contribution < -0.4 is 5.32 Å². The van der Waals surface area contributed by atoms with Crippen LogP contribution in [0.15, 0.2) is 72.9 Å². The van der Waals surface area contributed by atoms with Crippen molar-refractivity contribution < 1.29 is 0 Å². The van der Waals surface area contributed by atoms with Crippen molar-refractivity contribution in [3.8, 4) is 11.3 Å². The van der Waals surface area contributed by atoms with E-state index in [0.717, 1.165) is 18.8 Å². The van der Waals surface area contributed by atoms with Gasteiger partial charge in [-0.15, -0.1) is 0 Å². The average molecular weight is 330 g/mol. The lowest BCUT2D eigenvalue weighted by Crippen LogP contribution is -2.14. The van der Waals surface area contributed by atoms with Crippen LogP contribution in [-0.4, -0.2) is 11.5 Å². The maximum absolute atomic E-state index is 4.39. The summed E-state index contributed by atoms with van der Waals surface area (Å²) in [6.07, 6.45) is 5.44. The number of benzene rings is 2. The Kier molecular flexibility index (Phi) is 6.35. The smallest absolute Gasteiger partial charge is 0.0701 e. The molecular weight excluding hydrogens is 304 g/mol. The first-order valence-corrected chi connectivity index (χ1v) is 9.08. The van der Waals surface area contributed by atoms with Gasteiger partial charge in [-0.3, -0.25) is 4.98 Å². The van der Waals surface area contributed by atoms with Gasteiger partial charge in [0.05, 0.1) is 5.69 Å². The minimum Gasteiger partial charge on any atom is -0.313 e. The number of rotatable bonds is 8. The van der Waals surface area contributed by atoms with Gasteiger partial charge in [0.1, 0.15) is 0 Å². The third kappa shape index (κ3) is 5.54. The van der Waals surface area contributed by atoms with Crippen LogP contribution >= 0.6 is 0 Å². The minimum atomic E-state index is 0.924. The molecule has 3 aromatic rings. The van der Waals surface area contributed by atoms with E-state index < -0.39 is 0 Å². The van der Waals surface area contributed by atoms with Crippen molar-refractivity contribution in [3.05, 3.63) is 89.6 Å². The first-order valence-electron chi connectivity index (χ1n) is 9.08. The zero-order valence-electron chi connectivity index (χ0n) is 14.9. The number of unbranched alkanes of at least 4 members (excludes halogenated alkanes) is 1. The lowest BCUT2D eigenvalue weighted by Gasteiger charge is -2.07. The molecule has 2 nitrogen and oxygen atoms in total. The predicted molar refractivity (Wildman–Crippen MR) is 105 cm³/mol. The Hall–Kier alpha value is -2.45. The fourth-order valence-electron chi connectivity index (χ4n) is 2.89. The molecule has 2 heteroatoms. The second-order valence-corrected chi connectivity index (χ2v) is 6.53. The standard InChI is InChI=1S/C23H26N2/c1-19-8-10-20(11-9-19)6-2-4-16-24-18-21-12-14-22(15-13-21)23-7-3-5-17-25-23/h3,5,7-15,17,24H,2,4,6,16,18H2,1H3. The van der Waals surface area contributed by atoms with E-state index in [1.54, 1.807) is 0 Å². The van der Waals surface area contributed by atoms with Gasteiger partial charge in [-0.25, -0.2) is 0 Å². The van der Waals surface area contributed by atoms with E-state index in [4.69, 9.17) is 0 Å². The Balaban J connectivity index is 1.35. The second-order valence-electron chi connectivity index (χ2n) is 6.53. The van der Waals surface area contributed by atoms with Gasteiger partial charge in [-0.1, -0.05) is 60.2 Å². The zero-order chi connectivity index (χ0) is 17.3. The molecule has 25 heavy (non-hydrogen) atoms. The van der Waals surface area contributed by atoms with Gasteiger partial charge in [-0.2, -0.15) is 0 Å². The summed E-state index contributed by atoms with van der Waals surface area (Å²) in [6.45, 7) is 4.12. The molecule has 0 aliphatic heterocycles. The van der Waals surface area contributed by atoms with Crippen LogP contribution in [0.5, 0.6) is 0 Å². The number of nitrogens with one attached hydrogen (secondary N) is 1. The number of pyridine rings is 1. The molecule has 1 aromatic heterocycles. The van der Waals surface area contributed by atoms with Crippen molar-refractivity contribution in [1.82, 2.24) is 10.3 Å². The molecule has 3 rings (SSSR count). The van der Waals surface area contributed by atoms with Crippen LogP contribution in [-0.2, 0) is 13.0 Å². The van der Waals surface area contributed by atoms with Crippen molar-refractivity contribution in [1.29, 1.82) is 0 Å². The molecule has 0 radical (unpaired) electrons. The van der Waals surface area contributed by atoms with Crippen LogP contribution in [0.3, 0.4) is 0 Å². The minimum absolute atomic E-state index is 0.924. The molecule has 0 spiro atoms. The lowest BCUT2D eigenvalue weighted by molar-refractivity contribution is 0.623. The topological polar surface area (TPSA) is 24.9 Å². The Morgan fingerprint density at radius 1 is 0.800 bits per heavy atom. The third-order valence-electron chi connectivity index (χ3n) is 4.43. The highest BCUT2D eigenvalue weighted by atomic mass is 14.8. The van der Waals surface area contributed by atoms with E-state index in [9.17, 15) is 0 Å². The highest BCUT2D eigenvalue weighted by molar-refractivity contribution is 5.58. The van der Waals surface area contributed by atoms with Crippen molar-refractivity contribution in [2.45, 2.75) is 32.7 Å². The molecular formula is C23H26N2. The van der Waals surface area contributed by atoms with Crippen LogP contribution in [0.2, 0.25) is 0 Å². The molecule has 1 N–H and O–H groups in total. The van der Waals surface area contributed by atoms with E-state index in [2.05, 4.69) is 65.8 Å². The maximum atomic E-state index is 4.39. The Bertz CT molecular complexity index is 746. The summed E-state index contributed by atoms with van der Waals surface area (Å²) < 4.78 is 0. The van der Waals surface area contributed by atoms with E-state index in [1.165, 1.54) is 41.5 Å². The van der Waals surface area contributed by atoms with Gasteiger partial charge in [0, 0.05) is 18.3 Å². The van der Waals surface area contributed by atoms with E-state index in [0.29, 0.717) is 0 Å². The van der Waals surface area contributed by atoms with Crippen LogP contribution in [0.25, 0.3) is 11.3 Å². The molecule has 0 aliphatic rings. The highest BCUT2D eigenvalue weighted by Gasteiger charge is 1.99. The molecule has 0 aliphatic carbocycles. The van der Waals surface area contributed by atoms with E-state index in [1.807, 2.05) is 24.4 Å². The SMILES string of the molecule is Cc1ccc(CCCCNCc2ccc(-c3ccccn3)cc2)cc1. The summed E-state index contributed by atoms with van der Waals surface area (Å²) >= 11 is 0. The predicted octanol–water partition coefficient (Wildman–Crippen LogP) is 5.17. The first kappa shape index (κ1) is 17.4. The normalized spacial score (nSPS) is 10.8. The molecule has 0 saturated heterocycles. The van der Waals surface area contributed by atoms with Crippen molar-refractivity contribution in [2.24, 2.45) is 0 Å². The Morgan fingerprint density at radius 3 is 2.28 bits per heavy atom. The molecule has 0 atom stereocenters. The lowest BCUT2D eigenvalue weighted by atomic mass is 10.1. The molecule has 0 amide bonds. The van der Waals surface area contributed by atoms with Crippen LogP contribution in [0.1, 0.15) is 29.5 Å². The van der Waals surface area contributed by atoms with Crippen LogP contribution in [0, 0.1) is 6.92 Å². The Morgan fingerprint density at radius 2 is 1.56 bits per heavy atom. The van der Waals surface area contributed by atoms with E-state index in [-0.39, 0.29) is 0 Å². The zero-order valence-corrected chi connectivity index (χ0v) is 14.9. The largest absolute Gasteiger partial charge is 0.313 e. The van der Waals surface area contributed by atoms with Crippen molar-refractivity contribution in [2.75, 3.05) is 6.54 Å². The molecule has 0 saturated carbocycles. The maximum Gasteiger partial charge on any atom is 0.0701 e. The molecule has 0 unspecified atom stereocenters. The summed E-state index contributed by atoms with van der Waals surface area (Å²) in [7, 11) is 0. The second kappa shape index (κ2) is 9.14. The highest BCUT2D eigenvalue weighted by Crippen LogP contribution is 2.16. The summed E-state index contributed by atoms with van der Waals surface area (Å²) in [5, 5.41) is 3.54. The van der Waals surface area contributed by atoms with Gasteiger partial charge in [0.25, 0.3) is 0 Å². The molecule has 0 fully saturated rings. The van der Waals surface area contributed by atoms with Gasteiger partial charge < -0.3 is 5.32 Å². The van der Waals surface area contributed by atoms with E-state index >= 15 is 0 Å². The van der Waals surface area contributed by atoms with Crippen LogP contribution in [0.4, 0.5) is 0 Å². The number of aromatic nitrogens is 1. The summed E-state index contributed by atoms with van der Waals surface area (Å²) in [5.74, 6) is 0. The first-order chi connectivity index (χ1) is 12.3. The quantitative estimate of drug-likeness (QED) is 0.576. The van der Waals surface area contributed by atoms with Gasteiger partial charge in [0.15, 0.2) is 0 Å². The molecule has 0 bridgehead atoms. The molecule has 1 heterocycles. The third-order valence-corrected chi connectivity index (χ3v) is 4.43. The molecule has 128 valence electrons. The summed E-state index contributed by atoms with van der Waals surface area (Å²) in [4.78, 5) is 4.39. The van der Waals surface area contributed by atoms with Gasteiger partial charge >= 0.3 is 0 Å². The molecule has 2 aromatic carbocycles. The summed E-state index contributed by atoms with van der Waals surface area (Å²) in [5.41, 5.74) is 6.29. The summed E-state index contributed by atoms with van der Waals surface area (Å²) in [6, 6.07) is 23.6. The van der Waals surface area contributed by atoms with Crippen molar-refractivity contribution >= 4 is 0 Å². The fourth-order valence-corrected chi connectivity index (χ4v) is 2.89.